The van der Waals surface area contributed by atoms with Gasteiger partial charge in [-0.05, 0) is 56.9 Å². The number of likely N-dealkylation sites (N-methyl/N-ethyl adjacent to an activating group) is 1. The van der Waals surface area contributed by atoms with Gasteiger partial charge in [0.2, 0.25) is 0 Å². The molecule has 0 amide bonds. The van der Waals surface area contributed by atoms with Crippen molar-refractivity contribution in [3.8, 4) is 0 Å². The van der Waals surface area contributed by atoms with Gasteiger partial charge in [-0.2, -0.15) is 0 Å². The van der Waals surface area contributed by atoms with Crippen LogP contribution in [-0.4, -0.2) is 43.1 Å². The lowest BCUT2D eigenvalue weighted by molar-refractivity contribution is 0.315. The van der Waals surface area contributed by atoms with Crippen molar-refractivity contribution in [2.24, 2.45) is 11.6 Å². The number of aromatic nitrogens is 1. The maximum absolute atomic E-state index is 14.4. The summed E-state index contributed by atoms with van der Waals surface area (Å²) in [7, 11) is 4.22. The van der Waals surface area contributed by atoms with Crippen LogP contribution in [0.1, 0.15) is 17.5 Å². The molecule has 1 atom stereocenters. The highest BCUT2D eigenvalue weighted by Crippen LogP contribution is 2.29. The Balaban J connectivity index is 1.72. The molecule has 1 aliphatic rings. The first-order valence-corrected chi connectivity index (χ1v) is 10.5. The largest absolute Gasteiger partial charge is 0.397 e. The number of halogens is 2. The Kier molecular flexibility index (Phi) is 6.00. The number of hydrogen-bond acceptors (Lipinski definition) is 6. The van der Waals surface area contributed by atoms with Crippen LogP contribution in [0.3, 0.4) is 0 Å². The van der Waals surface area contributed by atoms with Crippen LogP contribution in [0.4, 0.5) is 10.1 Å². The number of rotatable bonds is 5. The molecule has 0 aliphatic carbocycles. The van der Waals surface area contributed by atoms with E-state index in [1.165, 1.54) is 18.2 Å². The fraction of sp³-hybridized carbons (Fsp3) is 0.261. The van der Waals surface area contributed by atoms with E-state index in [2.05, 4.69) is 40.4 Å². The van der Waals surface area contributed by atoms with Gasteiger partial charge >= 0.3 is 0 Å². The number of nitrogens with one attached hydrogen (secondary N) is 1. The minimum Gasteiger partial charge on any atom is -0.397 e. The lowest BCUT2D eigenvalue weighted by Gasteiger charge is -2.22. The molecule has 0 bridgehead atoms. The summed E-state index contributed by atoms with van der Waals surface area (Å²) in [4.78, 5) is 9.22. The number of nitrogens with zero attached hydrogens (tertiary/aromatic N) is 3. The maximum atomic E-state index is 14.4. The van der Waals surface area contributed by atoms with Crippen LogP contribution >= 0.6 is 11.6 Å². The van der Waals surface area contributed by atoms with Crippen LogP contribution in [0.15, 0.2) is 48.7 Å². The molecule has 1 aliphatic heterocycles. The van der Waals surface area contributed by atoms with Crippen LogP contribution in [0, 0.1) is 5.82 Å². The molecule has 8 heteroatoms. The lowest BCUT2D eigenvalue weighted by atomic mass is 10.0. The van der Waals surface area contributed by atoms with Crippen LogP contribution < -0.4 is 21.9 Å². The summed E-state index contributed by atoms with van der Waals surface area (Å²) < 4.78 is 14.4. The molecule has 3 aromatic rings. The van der Waals surface area contributed by atoms with E-state index in [0.29, 0.717) is 22.3 Å². The van der Waals surface area contributed by atoms with E-state index >= 15 is 0 Å². The highest BCUT2D eigenvalue weighted by Gasteiger charge is 2.24. The topological polar surface area (TPSA) is 83.4 Å². The Morgan fingerprint density at radius 3 is 2.74 bits per heavy atom. The van der Waals surface area contributed by atoms with E-state index in [1.807, 2.05) is 24.4 Å². The summed E-state index contributed by atoms with van der Waals surface area (Å²) in [6, 6.07) is 12.6. The molecule has 5 N–H and O–H groups in total. The van der Waals surface area contributed by atoms with Crippen molar-refractivity contribution in [1.29, 1.82) is 0 Å². The predicted octanol–water partition coefficient (Wildman–Crippen LogP) is 3.42. The summed E-state index contributed by atoms with van der Waals surface area (Å²) in [5, 5.41) is 1.35. The Bertz CT molecular complexity index is 1150. The van der Waals surface area contributed by atoms with E-state index in [-0.39, 0.29) is 11.3 Å². The molecule has 0 saturated carbocycles. The maximum Gasteiger partial charge on any atom is 0.132 e. The average molecular weight is 441 g/mol. The quantitative estimate of drug-likeness (QED) is 0.320. The van der Waals surface area contributed by atoms with Crippen LogP contribution in [0.2, 0.25) is 5.02 Å². The molecule has 2 aromatic carbocycles. The fourth-order valence-corrected chi connectivity index (χ4v) is 4.16. The van der Waals surface area contributed by atoms with E-state index in [9.17, 15) is 4.39 Å². The summed E-state index contributed by atoms with van der Waals surface area (Å²) in [5.74, 6) is 5.23. The standard InChI is InChI=1S/C23H26ClFN6/c1-30(2)17-7-8-31(13-17)18-10-15-9-14(3-6-21(15)28-12-18)22(26)23(29-27)19-11-16(24)4-5-20(19)25/h3-6,9-12,17,29H,7-8,13,26-27H2,1-2H3/b23-22-. The number of nitrogens with two attached hydrogens (primary N) is 2. The van der Waals surface area contributed by atoms with Crippen molar-refractivity contribution in [2.75, 3.05) is 32.1 Å². The number of fused-ring (bicyclic) bond motifs is 1. The van der Waals surface area contributed by atoms with E-state index in [4.69, 9.17) is 23.2 Å². The fourth-order valence-electron chi connectivity index (χ4n) is 3.99. The number of benzene rings is 2. The van der Waals surface area contributed by atoms with Crippen molar-refractivity contribution >= 4 is 39.6 Å². The van der Waals surface area contributed by atoms with Crippen LogP contribution in [0.25, 0.3) is 22.3 Å². The van der Waals surface area contributed by atoms with Gasteiger partial charge in [0.1, 0.15) is 5.82 Å². The molecule has 162 valence electrons. The Hall–Kier alpha value is -2.87. The van der Waals surface area contributed by atoms with Gasteiger partial charge in [0.15, 0.2) is 0 Å². The smallest absolute Gasteiger partial charge is 0.132 e. The zero-order valence-electron chi connectivity index (χ0n) is 17.6. The van der Waals surface area contributed by atoms with E-state index in [0.717, 1.165) is 36.1 Å². The highest BCUT2D eigenvalue weighted by atomic mass is 35.5. The van der Waals surface area contributed by atoms with Crippen molar-refractivity contribution in [3.63, 3.8) is 0 Å². The monoisotopic (exact) mass is 440 g/mol. The van der Waals surface area contributed by atoms with Crippen molar-refractivity contribution < 1.29 is 4.39 Å². The van der Waals surface area contributed by atoms with Gasteiger partial charge in [-0.25, -0.2) is 4.39 Å². The molecule has 1 saturated heterocycles. The van der Waals surface area contributed by atoms with Crippen molar-refractivity contribution in [2.45, 2.75) is 12.5 Å². The Morgan fingerprint density at radius 1 is 1.23 bits per heavy atom. The molecule has 6 nitrogen and oxygen atoms in total. The molecule has 4 rings (SSSR count). The minimum atomic E-state index is -0.463. The molecule has 0 radical (unpaired) electrons. The average Bonchev–Trinajstić information content (AvgIpc) is 3.26. The second-order valence-corrected chi connectivity index (χ2v) is 8.45. The molecular weight excluding hydrogens is 415 g/mol. The van der Waals surface area contributed by atoms with Crippen molar-refractivity contribution in [3.05, 3.63) is 70.6 Å². The van der Waals surface area contributed by atoms with Gasteiger partial charge in [0.05, 0.1) is 28.8 Å². The highest BCUT2D eigenvalue weighted by molar-refractivity contribution is 6.30. The van der Waals surface area contributed by atoms with E-state index in [1.54, 1.807) is 0 Å². The number of pyridine rings is 1. The third-order valence-electron chi connectivity index (χ3n) is 5.85. The zero-order valence-corrected chi connectivity index (χ0v) is 18.3. The third-order valence-corrected chi connectivity index (χ3v) is 6.08. The SMILES string of the molecule is CN(C)C1CCN(c2cnc3ccc(/C(N)=C(/NN)c4cc(Cl)ccc4F)cc3c2)C1. The Labute approximate surface area is 186 Å². The molecule has 0 spiro atoms. The van der Waals surface area contributed by atoms with Crippen LogP contribution in [-0.2, 0) is 0 Å². The summed E-state index contributed by atoms with van der Waals surface area (Å²) in [6.07, 6.45) is 3.03. The summed E-state index contributed by atoms with van der Waals surface area (Å²) in [5.41, 5.74) is 12.4. The van der Waals surface area contributed by atoms with Gasteiger partial charge < -0.3 is 21.0 Å². The van der Waals surface area contributed by atoms with Gasteiger partial charge in [0, 0.05) is 40.7 Å². The molecule has 1 unspecified atom stereocenters. The summed E-state index contributed by atoms with van der Waals surface area (Å²) >= 11 is 6.04. The van der Waals surface area contributed by atoms with E-state index < -0.39 is 5.82 Å². The second-order valence-electron chi connectivity index (χ2n) is 8.01. The molecule has 1 fully saturated rings. The lowest BCUT2D eigenvalue weighted by Crippen LogP contribution is -2.31. The first-order valence-electron chi connectivity index (χ1n) is 10.1. The normalized spacial score (nSPS) is 17.4. The number of anilines is 1. The first kappa shape index (κ1) is 21.4. The summed E-state index contributed by atoms with van der Waals surface area (Å²) in [6.45, 7) is 1.96. The second kappa shape index (κ2) is 8.70. The van der Waals surface area contributed by atoms with Gasteiger partial charge in [-0.3, -0.25) is 10.8 Å². The zero-order chi connectivity index (χ0) is 22.1. The van der Waals surface area contributed by atoms with Gasteiger partial charge in [-0.15, -0.1) is 0 Å². The van der Waals surface area contributed by atoms with Gasteiger partial charge in [0.25, 0.3) is 0 Å². The number of hydrogen-bond donors (Lipinski definition) is 3. The van der Waals surface area contributed by atoms with Crippen LogP contribution in [0.5, 0.6) is 0 Å². The molecule has 31 heavy (non-hydrogen) atoms. The Morgan fingerprint density at radius 2 is 2.03 bits per heavy atom. The molecular formula is C23H26ClFN6. The van der Waals surface area contributed by atoms with Gasteiger partial charge in [-0.1, -0.05) is 17.7 Å². The third kappa shape index (κ3) is 4.30. The minimum absolute atomic E-state index is 0.214. The molecule has 1 aromatic heterocycles. The molecule has 2 heterocycles. The first-order chi connectivity index (χ1) is 14.9. The van der Waals surface area contributed by atoms with Crippen molar-refractivity contribution in [1.82, 2.24) is 15.3 Å². The predicted molar refractivity (Wildman–Crippen MR) is 126 cm³/mol. The number of hydrazine groups is 1.